The Kier molecular flexibility index (Phi) is 8.22. The summed E-state index contributed by atoms with van der Waals surface area (Å²) in [5.41, 5.74) is 4.17. The summed E-state index contributed by atoms with van der Waals surface area (Å²) in [4.78, 5) is 0. The molecule has 1 aliphatic heterocycles. The van der Waals surface area contributed by atoms with Crippen LogP contribution in [-0.4, -0.2) is 19.5 Å². The number of ether oxygens (including phenoxy) is 3. The molecule has 0 atom stereocenters. The third-order valence-corrected chi connectivity index (χ3v) is 2.52. The molecule has 2 rings (SSSR count). The van der Waals surface area contributed by atoms with Gasteiger partial charge in [0.15, 0.2) is 0 Å². The van der Waals surface area contributed by atoms with E-state index >= 15 is 0 Å². The predicted molar refractivity (Wildman–Crippen MR) is 68.1 cm³/mol. The zero-order valence-corrected chi connectivity index (χ0v) is 14.9. The van der Waals surface area contributed by atoms with Crippen molar-refractivity contribution in [1.82, 2.24) is 0 Å². The minimum Gasteiger partial charge on any atom is -0.541 e. The van der Waals surface area contributed by atoms with Crippen molar-refractivity contribution in [3.8, 4) is 5.75 Å². The second kappa shape index (κ2) is 9.11. The van der Waals surface area contributed by atoms with Gasteiger partial charge in [-0.2, -0.15) is 6.08 Å². The standard InChI is InChI=1S/C15H17O3.K/c1-3-16-15(17-4-2)10-9-13-11-12-7-5-6-8-14(12)18-13;/h5-8,15H,3-4,11H2,1-2H3;/q-1;+1. The van der Waals surface area contributed by atoms with Gasteiger partial charge in [0.05, 0.1) is 0 Å². The Morgan fingerprint density at radius 3 is 2.58 bits per heavy atom. The number of para-hydroxylation sites is 1. The molecule has 1 heterocycles. The SMILES string of the molecule is CCOC([C-]=C=C1Cc2ccccc2O1)OCC.[K+]. The van der Waals surface area contributed by atoms with Gasteiger partial charge in [-0.3, -0.25) is 5.73 Å². The number of fused-ring (bicyclic) bond motifs is 1. The number of rotatable bonds is 5. The van der Waals surface area contributed by atoms with Crippen molar-refractivity contribution < 1.29 is 65.6 Å². The molecule has 4 heteroatoms. The van der Waals surface area contributed by atoms with E-state index < -0.39 is 6.29 Å². The van der Waals surface area contributed by atoms with E-state index in [2.05, 4.69) is 11.8 Å². The largest absolute Gasteiger partial charge is 1.00 e. The first-order chi connectivity index (χ1) is 8.83. The minimum absolute atomic E-state index is 0. The summed E-state index contributed by atoms with van der Waals surface area (Å²) in [5.74, 6) is 1.65. The van der Waals surface area contributed by atoms with Gasteiger partial charge < -0.3 is 14.2 Å². The van der Waals surface area contributed by atoms with E-state index in [1.54, 1.807) is 0 Å². The number of hydrogen-bond acceptors (Lipinski definition) is 3. The molecule has 0 aromatic heterocycles. The number of hydrogen-bond donors (Lipinski definition) is 0. The fourth-order valence-electron chi connectivity index (χ4n) is 1.73. The predicted octanol–water partition coefficient (Wildman–Crippen LogP) is -0.133. The summed E-state index contributed by atoms with van der Waals surface area (Å²) in [7, 11) is 0. The average Bonchev–Trinajstić information content (AvgIpc) is 2.79. The average molecular weight is 284 g/mol. The Hall–Kier alpha value is 0.0964. The molecule has 0 aliphatic carbocycles. The van der Waals surface area contributed by atoms with Crippen LogP contribution in [-0.2, 0) is 15.9 Å². The van der Waals surface area contributed by atoms with Gasteiger partial charge >= 0.3 is 51.4 Å². The summed E-state index contributed by atoms with van der Waals surface area (Å²) in [6, 6.07) is 7.96. The Morgan fingerprint density at radius 2 is 1.95 bits per heavy atom. The smallest absolute Gasteiger partial charge is 0.541 e. The van der Waals surface area contributed by atoms with E-state index in [1.165, 1.54) is 5.56 Å². The van der Waals surface area contributed by atoms with E-state index in [9.17, 15) is 0 Å². The van der Waals surface area contributed by atoms with Crippen molar-refractivity contribution in [2.75, 3.05) is 13.2 Å². The first-order valence-electron chi connectivity index (χ1n) is 6.19. The maximum absolute atomic E-state index is 5.65. The van der Waals surface area contributed by atoms with Gasteiger partial charge in [0.1, 0.15) is 12.0 Å². The molecule has 3 nitrogen and oxygen atoms in total. The Morgan fingerprint density at radius 1 is 1.26 bits per heavy atom. The van der Waals surface area contributed by atoms with Crippen molar-refractivity contribution in [2.45, 2.75) is 26.6 Å². The quantitative estimate of drug-likeness (QED) is 0.326. The Labute approximate surface area is 157 Å². The summed E-state index contributed by atoms with van der Waals surface area (Å²) in [6.07, 6.45) is 3.21. The molecule has 0 saturated carbocycles. The van der Waals surface area contributed by atoms with Crippen LogP contribution < -0.4 is 56.1 Å². The van der Waals surface area contributed by atoms with Crippen LogP contribution in [0.5, 0.6) is 5.75 Å². The summed E-state index contributed by atoms with van der Waals surface area (Å²) in [6.45, 7) is 5.00. The third kappa shape index (κ3) is 5.18. The molecule has 0 saturated heterocycles. The molecule has 0 amide bonds. The van der Waals surface area contributed by atoms with Crippen LogP contribution in [0.15, 0.2) is 35.8 Å². The van der Waals surface area contributed by atoms with Gasteiger partial charge in [-0.05, 0) is 37.7 Å². The molecule has 0 radical (unpaired) electrons. The first kappa shape index (κ1) is 17.1. The fourth-order valence-corrected chi connectivity index (χ4v) is 1.73. The molecule has 1 aromatic rings. The maximum atomic E-state index is 5.65. The minimum atomic E-state index is -0.472. The van der Waals surface area contributed by atoms with Crippen LogP contribution in [0, 0.1) is 6.08 Å². The molecular formula is C15H17KO3. The zero-order chi connectivity index (χ0) is 12.8. The van der Waals surface area contributed by atoms with Crippen molar-refractivity contribution in [1.29, 1.82) is 0 Å². The van der Waals surface area contributed by atoms with Crippen molar-refractivity contribution >= 4 is 0 Å². The summed E-state index contributed by atoms with van der Waals surface area (Å²) in [5, 5.41) is 0. The summed E-state index contributed by atoms with van der Waals surface area (Å²) < 4.78 is 16.4. The Bertz CT molecular complexity index is 431. The fraction of sp³-hybridized carbons (Fsp3) is 0.400. The van der Waals surface area contributed by atoms with E-state index in [1.807, 2.05) is 38.1 Å². The van der Waals surface area contributed by atoms with Crippen LogP contribution in [0.2, 0.25) is 0 Å². The molecule has 96 valence electrons. The summed E-state index contributed by atoms with van der Waals surface area (Å²) >= 11 is 0. The monoisotopic (exact) mass is 284 g/mol. The van der Waals surface area contributed by atoms with Crippen molar-refractivity contribution in [3.05, 3.63) is 47.4 Å². The van der Waals surface area contributed by atoms with Crippen LogP contribution >= 0.6 is 0 Å². The molecule has 1 aliphatic rings. The second-order valence-corrected chi connectivity index (χ2v) is 3.82. The van der Waals surface area contributed by atoms with E-state index in [4.69, 9.17) is 14.2 Å². The molecular weight excluding hydrogens is 267 g/mol. The first-order valence-corrected chi connectivity index (χ1v) is 6.19. The van der Waals surface area contributed by atoms with Gasteiger partial charge in [0.2, 0.25) is 0 Å². The van der Waals surface area contributed by atoms with Crippen LogP contribution in [0.1, 0.15) is 19.4 Å². The van der Waals surface area contributed by atoms with Gasteiger partial charge in [-0.15, -0.1) is 0 Å². The van der Waals surface area contributed by atoms with Gasteiger partial charge in [-0.1, -0.05) is 18.2 Å². The van der Waals surface area contributed by atoms with Crippen LogP contribution in [0.25, 0.3) is 0 Å². The van der Waals surface area contributed by atoms with Crippen LogP contribution in [0.3, 0.4) is 0 Å². The zero-order valence-electron chi connectivity index (χ0n) is 11.7. The maximum Gasteiger partial charge on any atom is 1.00 e. The number of benzene rings is 1. The molecule has 0 spiro atoms. The molecule has 19 heavy (non-hydrogen) atoms. The van der Waals surface area contributed by atoms with Crippen LogP contribution in [0.4, 0.5) is 0 Å². The van der Waals surface area contributed by atoms with Gasteiger partial charge in [0, 0.05) is 13.2 Å². The van der Waals surface area contributed by atoms with Gasteiger partial charge in [0.25, 0.3) is 0 Å². The van der Waals surface area contributed by atoms with E-state index in [-0.39, 0.29) is 51.4 Å². The molecule has 0 N–H and O–H groups in total. The third-order valence-electron chi connectivity index (χ3n) is 2.52. The molecule has 1 aromatic carbocycles. The molecule has 0 fully saturated rings. The van der Waals surface area contributed by atoms with Gasteiger partial charge in [-0.25, -0.2) is 0 Å². The van der Waals surface area contributed by atoms with Crippen molar-refractivity contribution in [2.24, 2.45) is 0 Å². The Balaban J connectivity index is 0.00000180. The second-order valence-electron chi connectivity index (χ2n) is 3.82. The molecule has 0 unspecified atom stereocenters. The normalized spacial score (nSPS) is 12.5. The van der Waals surface area contributed by atoms with E-state index in [0.29, 0.717) is 13.2 Å². The molecule has 0 bridgehead atoms. The topological polar surface area (TPSA) is 27.7 Å². The van der Waals surface area contributed by atoms with Crippen molar-refractivity contribution in [3.63, 3.8) is 0 Å². The van der Waals surface area contributed by atoms with E-state index in [0.717, 1.165) is 17.9 Å².